The summed E-state index contributed by atoms with van der Waals surface area (Å²) < 4.78 is 5.58. The normalized spacial score (nSPS) is 10.6. The minimum absolute atomic E-state index is 0.241. The molecule has 110 valence electrons. The summed E-state index contributed by atoms with van der Waals surface area (Å²) in [6, 6.07) is 5.81. The topological polar surface area (TPSA) is 87.1 Å². The van der Waals surface area contributed by atoms with Gasteiger partial charge < -0.3 is 14.9 Å². The first kappa shape index (κ1) is 16.0. The number of carbonyl (C=O) groups is 2. The highest BCUT2D eigenvalue weighted by Crippen LogP contribution is 2.18. The Balaban J connectivity index is 2.52. The second kappa shape index (κ2) is 7.49. The zero-order valence-corrected chi connectivity index (χ0v) is 11.6. The van der Waals surface area contributed by atoms with Crippen molar-refractivity contribution < 1.29 is 24.5 Å². The molecule has 0 radical (unpaired) electrons. The van der Waals surface area contributed by atoms with E-state index in [-0.39, 0.29) is 26.2 Å². The number of hydrogen-bond acceptors (Lipinski definition) is 4. The van der Waals surface area contributed by atoms with Crippen LogP contribution in [0.1, 0.15) is 11.1 Å². The zero-order chi connectivity index (χ0) is 15.1. The van der Waals surface area contributed by atoms with Crippen LogP contribution in [0.2, 0.25) is 0 Å². The molecule has 0 aliphatic heterocycles. The second-order valence-electron chi connectivity index (χ2n) is 4.62. The van der Waals surface area contributed by atoms with E-state index in [1.54, 1.807) is 0 Å². The van der Waals surface area contributed by atoms with E-state index in [4.69, 9.17) is 14.9 Å². The molecule has 0 heterocycles. The molecule has 0 fully saturated rings. The van der Waals surface area contributed by atoms with Gasteiger partial charge in [-0.2, -0.15) is 0 Å². The molecule has 0 saturated carbocycles. The first-order valence-electron chi connectivity index (χ1n) is 6.24. The number of rotatable bonds is 8. The third-order valence-corrected chi connectivity index (χ3v) is 2.73. The van der Waals surface area contributed by atoms with Gasteiger partial charge in [0, 0.05) is 6.54 Å². The molecule has 0 saturated heterocycles. The van der Waals surface area contributed by atoms with Crippen molar-refractivity contribution >= 4 is 11.9 Å². The van der Waals surface area contributed by atoms with Gasteiger partial charge in [0.2, 0.25) is 0 Å². The Labute approximate surface area is 117 Å². The average molecular weight is 281 g/mol. The van der Waals surface area contributed by atoms with E-state index in [2.05, 4.69) is 0 Å². The van der Waals surface area contributed by atoms with Crippen molar-refractivity contribution in [1.82, 2.24) is 4.90 Å². The van der Waals surface area contributed by atoms with Crippen LogP contribution in [0, 0.1) is 13.8 Å². The monoisotopic (exact) mass is 281 g/mol. The molecule has 1 rings (SSSR count). The van der Waals surface area contributed by atoms with Crippen LogP contribution in [0.3, 0.4) is 0 Å². The van der Waals surface area contributed by atoms with Crippen molar-refractivity contribution in [3.8, 4) is 5.75 Å². The number of benzene rings is 1. The van der Waals surface area contributed by atoms with Crippen molar-refractivity contribution in [3.05, 3.63) is 29.3 Å². The number of carboxylic acid groups (broad SMARTS) is 2. The summed E-state index contributed by atoms with van der Waals surface area (Å²) in [6.45, 7) is 3.72. The van der Waals surface area contributed by atoms with Crippen LogP contribution >= 0.6 is 0 Å². The summed E-state index contributed by atoms with van der Waals surface area (Å²) >= 11 is 0. The maximum Gasteiger partial charge on any atom is 0.317 e. The molecule has 0 aliphatic carbocycles. The number of nitrogens with zero attached hydrogens (tertiary/aromatic N) is 1. The van der Waals surface area contributed by atoms with Crippen molar-refractivity contribution in [1.29, 1.82) is 0 Å². The molecule has 6 heteroatoms. The van der Waals surface area contributed by atoms with Gasteiger partial charge in [0.05, 0.1) is 13.1 Å². The molecular formula is C14H19NO5. The quantitative estimate of drug-likeness (QED) is 0.743. The lowest BCUT2D eigenvalue weighted by molar-refractivity contribution is -0.141. The highest BCUT2D eigenvalue weighted by molar-refractivity contribution is 5.72. The number of aryl methyl sites for hydroxylation is 2. The Morgan fingerprint density at radius 3 is 2.30 bits per heavy atom. The number of hydrogen-bond donors (Lipinski definition) is 2. The van der Waals surface area contributed by atoms with Crippen molar-refractivity contribution in [2.75, 3.05) is 26.2 Å². The Kier molecular flexibility index (Phi) is 5.99. The Morgan fingerprint density at radius 2 is 1.75 bits per heavy atom. The molecule has 1 aromatic rings. The highest BCUT2D eigenvalue weighted by Gasteiger charge is 2.13. The molecule has 2 N–H and O–H groups in total. The summed E-state index contributed by atoms with van der Waals surface area (Å²) in [5.74, 6) is -1.38. The van der Waals surface area contributed by atoms with Crippen molar-refractivity contribution in [3.63, 3.8) is 0 Å². The minimum Gasteiger partial charge on any atom is -0.492 e. The molecule has 0 atom stereocenters. The molecule has 0 spiro atoms. The Morgan fingerprint density at radius 1 is 1.15 bits per heavy atom. The van der Waals surface area contributed by atoms with Gasteiger partial charge in [-0.05, 0) is 31.0 Å². The predicted molar refractivity (Wildman–Crippen MR) is 73.1 cm³/mol. The van der Waals surface area contributed by atoms with Gasteiger partial charge in [0.25, 0.3) is 0 Å². The van der Waals surface area contributed by atoms with Gasteiger partial charge in [-0.3, -0.25) is 14.5 Å². The van der Waals surface area contributed by atoms with Crippen molar-refractivity contribution in [2.45, 2.75) is 13.8 Å². The molecule has 6 nitrogen and oxygen atoms in total. The van der Waals surface area contributed by atoms with Gasteiger partial charge in [-0.15, -0.1) is 0 Å². The van der Waals surface area contributed by atoms with Crippen LogP contribution < -0.4 is 4.74 Å². The third-order valence-electron chi connectivity index (χ3n) is 2.73. The van der Waals surface area contributed by atoms with Crippen LogP contribution in [0.5, 0.6) is 5.75 Å². The lowest BCUT2D eigenvalue weighted by Crippen LogP contribution is -2.37. The van der Waals surface area contributed by atoms with Crippen LogP contribution in [0.15, 0.2) is 18.2 Å². The van der Waals surface area contributed by atoms with Gasteiger partial charge in [0.15, 0.2) is 0 Å². The fourth-order valence-electron chi connectivity index (χ4n) is 1.74. The maximum atomic E-state index is 10.6. The largest absolute Gasteiger partial charge is 0.492 e. The summed E-state index contributed by atoms with van der Waals surface area (Å²) in [7, 11) is 0. The molecule has 0 bridgehead atoms. The minimum atomic E-state index is -1.06. The number of carboxylic acids is 2. The lowest BCUT2D eigenvalue weighted by atomic mass is 10.1. The van der Waals surface area contributed by atoms with E-state index in [1.165, 1.54) is 4.90 Å². The first-order chi connectivity index (χ1) is 9.38. The van der Waals surface area contributed by atoms with E-state index in [9.17, 15) is 9.59 Å². The van der Waals surface area contributed by atoms with Crippen LogP contribution in [-0.4, -0.2) is 53.3 Å². The molecule has 1 aromatic carbocycles. The maximum absolute atomic E-state index is 10.6. The summed E-state index contributed by atoms with van der Waals surface area (Å²) in [6.07, 6.45) is 0. The molecule has 0 amide bonds. The summed E-state index contributed by atoms with van der Waals surface area (Å²) in [5, 5.41) is 17.4. The molecule has 0 aromatic heterocycles. The summed E-state index contributed by atoms with van der Waals surface area (Å²) in [5.41, 5.74) is 2.05. The lowest BCUT2D eigenvalue weighted by Gasteiger charge is -2.18. The zero-order valence-electron chi connectivity index (χ0n) is 11.6. The fraction of sp³-hybridized carbons (Fsp3) is 0.429. The Hall–Kier alpha value is -2.08. The van der Waals surface area contributed by atoms with E-state index in [0.29, 0.717) is 0 Å². The number of aliphatic carboxylic acids is 2. The van der Waals surface area contributed by atoms with Crippen molar-refractivity contribution in [2.24, 2.45) is 0 Å². The highest BCUT2D eigenvalue weighted by atomic mass is 16.5. The molecule has 0 aliphatic rings. The van der Waals surface area contributed by atoms with Gasteiger partial charge in [-0.25, -0.2) is 0 Å². The van der Waals surface area contributed by atoms with Gasteiger partial charge in [-0.1, -0.05) is 12.1 Å². The third kappa shape index (κ3) is 5.71. The first-order valence-corrected chi connectivity index (χ1v) is 6.24. The SMILES string of the molecule is Cc1ccc(C)c(OCCN(CC(=O)O)CC(=O)O)c1. The summed E-state index contributed by atoms with van der Waals surface area (Å²) in [4.78, 5) is 22.6. The Bertz CT molecular complexity index is 470. The van der Waals surface area contributed by atoms with Crippen LogP contribution in [0.25, 0.3) is 0 Å². The van der Waals surface area contributed by atoms with E-state index in [0.717, 1.165) is 16.9 Å². The van der Waals surface area contributed by atoms with Gasteiger partial charge in [0.1, 0.15) is 12.4 Å². The fourth-order valence-corrected chi connectivity index (χ4v) is 1.74. The standard InChI is InChI=1S/C14H19NO5/c1-10-3-4-11(2)12(7-10)20-6-5-15(8-13(16)17)9-14(18)19/h3-4,7H,5-6,8-9H2,1-2H3,(H,16,17)(H,18,19). The van der Waals surface area contributed by atoms with Crippen LogP contribution in [0.4, 0.5) is 0 Å². The van der Waals surface area contributed by atoms with Gasteiger partial charge >= 0.3 is 11.9 Å². The van der Waals surface area contributed by atoms with E-state index < -0.39 is 11.9 Å². The number of ether oxygens (including phenoxy) is 1. The molecular weight excluding hydrogens is 262 g/mol. The second-order valence-corrected chi connectivity index (χ2v) is 4.62. The molecule has 20 heavy (non-hydrogen) atoms. The van der Waals surface area contributed by atoms with E-state index >= 15 is 0 Å². The average Bonchev–Trinajstić information content (AvgIpc) is 2.32. The van der Waals surface area contributed by atoms with E-state index in [1.807, 2.05) is 32.0 Å². The molecule has 0 unspecified atom stereocenters. The predicted octanol–water partition coefficient (Wildman–Crippen LogP) is 1.15. The smallest absolute Gasteiger partial charge is 0.317 e. The van der Waals surface area contributed by atoms with Crippen LogP contribution in [-0.2, 0) is 9.59 Å².